The topological polar surface area (TPSA) is 35.6 Å². The average molecular weight is 275 g/mol. The number of fused-ring (bicyclic) bond motifs is 1. The first-order valence-corrected chi connectivity index (χ1v) is 6.93. The molecule has 2 heterocycles. The predicted molar refractivity (Wildman–Crippen MR) is 77.0 cm³/mol. The zero-order chi connectivity index (χ0) is 13.2. The Kier molecular flexibility index (Phi) is 3.25. The van der Waals surface area contributed by atoms with Crippen molar-refractivity contribution in [1.29, 1.82) is 0 Å². The molecule has 98 valence electrons. The maximum Gasteiger partial charge on any atom is 0.160 e. The Morgan fingerprint density at radius 1 is 1.21 bits per heavy atom. The summed E-state index contributed by atoms with van der Waals surface area (Å²) in [5.74, 6) is 2.41. The van der Waals surface area contributed by atoms with E-state index in [9.17, 15) is 0 Å². The Morgan fingerprint density at radius 3 is 2.79 bits per heavy atom. The molecule has 0 saturated heterocycles. The van der Waals surface area contributed by atoms with Gasteiger partial charge in [0.15, 0.2) is 5.82 Å². The van der Waals surface area contributed by atoms with Crippen LogP contribution in [0, 0.1) is 0 Å². The molecule has 0 spiro atoms. The number of nitrogens with zero attached hydrogens (tertiary/aromatic N) is 4. The van der Waals surface area contributed by atoms with Gasteiger partial charge in [0.05, 0.1) is 11.0 Å². The van der Waals surface area contributed by atoms with Crippen LogP contribution in [0.5, 0.6) is 0 Å². The number of rotatable bonds is 4. The van der Waals surface area contributed by atoms with Gasteiger partial charge in [-0.2, -0.15) is 5.10 Å². The van der Waals surface area contributed by atoms with Crippen molar-refractivity contribution in [3.05, 3.63) is 42.4 Å². The Bertz CT molecular complexity index is 698. The lowest BCUT2D eigenvalue weighted by Crippen LogP contribution is -2.04. The third kappa shape index (κ3) is 2.12. The number of hydrogen-bond donors (Lipinski definition) is 0. The van der Waals surface area contributed by atoms with E-state index in [1.807, 2.05) is 35.1 Å². The van der Waals surface area contributed by atoms with Gasteiger partial charge >= 0.3 is 0 Å². The molecule has 1 aromatic carbocycles. The van der Waals surface area contributed by atoms with E-state index >= 15 is 0 Å². The van der Waals surface area contributed by atoms with Gasteiger partial charge in [-0.1, -0.05) is 12.1 Å². The quantitative estimate of drug-likeness (QED) is 0.686. The molecule has 0 aliphatic carbocycles. The van der Waals surface area contributed by atoms with Crippen molar-refractivity contribution in [2.24, 2.45) is 0 Å². The van der Waals surface area contributed by atoms with E-state index in [2.05, 4.69) is 27.6 Å². The fourth-order valence-corrected chi connectivity index (χ4v) is 2.40. The van der Waals surface area contributed by atoms with Gasteiger partial charge in [0.1, 0.15) is 5.82 Å². The molecule has 3 rings (SSSR count). The number of aryl methyl sites for hydroxylation is 2. The van der Waals surface area contributed by atoms with Gasteiger partial charge in [-0.25, -0.2) is 4.98 Å². The van der Waals surface area contributed by atoms with Gasteiger partial charge in [0, 0.05) is 31.1 Å². The fourth-order valence-electron chi connectivity index (χ4n) is 2.23. The summed E-state index contributed by atoms with van der Waals surface area (Å²) in [4.78, 5) is 4.64. The van der Waals surface area contributed by atoms with E-state index in [0.717, 1.165) is 35.6 Å². The molecular formula is C14H15ClN4. The molecule has 0 fully saturated rings. The summed E-state index contributed by atoms with van der Waals surface area (Å²) in [6.45, 7) is 2.93. The minimum absolute atomic E-state index is 0.553. The molecule has 3 aromatic rings. The molecule has 0 atom stereocenters. The van der Waals surface area contributed by atoms with Gasteiger partial charge in [-0.3, -0.25) is 9.25 Å². The number of para-hydroxylation sites is 2. The van der Waals surface area contributed by atoms with Crippen molar-refractivity contribution in [1.82, 2.24) is 19.3 Å². The summed E-state index contributed by atoms with van der Waals surface area (Å²) in [7, 11) is 0. The number of halogens is 1. The van der Waals surface area contributed by atoms with Crippen LogP contribution in [-0.2, 0) is 13.0 Å². The van der Waals surface area contributed by atoms with Crippen LogP contribution in [0.3, 0.4) is 0 Å². The standard InChI is InChI=1S/C14H15ClN4/c1-2-18-10-8-14(17-18)19-12-6-4-3-5-11(12)16-13(19)7-9-15/h3-6,8,10H,2,7,9H2,1H3. The minimum atomic E-state index is 0.553. The van der Waals surface area contributed by atoms with Gasteiger partial charge in [-0.15, -0.1) is 11.6 Å². The SMILES string of the molecule is CCn1ccc(-n2c(CCCl)nc3ccccc32)n1. The van der Waals surface area contributed by atoms with E-state index in [4.69, 9.17) is 11.6 Å². The van der Waals surface area contributed by atoms with E-state index in [-0.39, 0.29) is 0 Å². The van der Waals surface area contributed by atoms with Crippen molar-refractivity contribution in [2.75, 3.05) is 5.88 Å². The van der Waals surface area contributed by atoms with Crippen LogP contribution in [0.2, 0.25) is 0 Å². The van der Waals surface area contributed by atoms with Crippen molar-refractivity contribution >= 4 is 22.6 Å². The second-order valence-electron chi connectivity index (χ2n) is 4.32. The molecule has 0 unspecified atom stereocenters. The summed E-state index contributed by atoms with van der Waals surface area (Å²) < 4.78 is 4.00. The van der Waals surface area contributed by atoms with Crippen LogP contribution in [-0.4, -0.2) is 25.2 Å². The molecule has 4 nitrogen and oxygen atoms in total. The predicted octanol–water partition coefficient (Wildman–Crippen LogP) is 3.02. The highest BCUT2D eigenvalue weighted by Crippen LogP contribution is 2.20. The summed E-state index contributed by atoms with van der Waals surface area (Å²) in [5.41, 5.74) is 2.05. The van der Waals surface area contributed by atoms with Gasteiger partial charge in [0.2, 0.25) is 0 Å². The van der Waals surface area contributed by atoms with Gasteiger partial charge in [-0.05, 0) is 19.1 Å². The molecule has 0 aliphatic rings. The Labute approximate surface area is 116 Å². The average Bonchev–Trinajstić information content (AvgIpc) is 3.02. The highest BCUT2D eigenvalue weighted by atomic mass is 35.5. The Balaban J connectivity index is 2.21. The molecule has 19 heavy (non-hydrogen) atoms. The van der Waals surface area contributed by atoms with E-state index < -0.39 is 0 Å². The lowest BCUT2D eigenvalue weighted by Gasteiger charge is -2.04. The lowest BCUT2D eigenvalue weighted by molar-refractivity contribution is 0.651. The van der Waals surface area contributed by atoms with Gasteiger partial charge < -0.3 is 0 Å². The summed E-state index contributed by atoms with van der Waals surface area (Å²) >= 11 is 5.88. The van der Waals surface area contributed by atoms with Crippen molar-refractivity contribution in [3.8, 4) is 5.82 Å². The number of imidazole rings is 1. The van der Waals surface area contributed by atoms with Crippen LogP contribution in [0.1, 0.15) is 12.7 Å². The van der Waals surface area contributed by atoms with Crippen molar-refractivity contribution in [2.45, 2.75) is 19.9 Å². The second kappa shape index (κ2) is 5.05. The maximum atomic E-state index is 5.88. The smallest absolute Gasteiger partial charge is 0.160 e. The van der Waals surface area contributed by atoms with Crippen molar-refractivity contribution < 1.29 is 0 Å². The van der Waals surface area contributed by atoms with E-state index in [0.29, 0.717) is 5.88 Å². The Morgan fingerprint density at radius 2 is 2.05 bits per heavy atom. The zero-order valence-corrected chi connectivity index (χ0v) is 11.5. The largest absolute Gasteiger partial charge is 0.279 e. The summed E-state index contributed by atoms with van der Waals surface area (Å²) in [6, 6.07) is 10.1. The first-order valence-electron chi connectivity index (χ1n) is 6.39. The molecule has 0 saturated carbocycles. The fraction of sp³-hybridized carbons (Fsp3) is 0.286. The summed E-state index contributed by atoms with van der Waals surface area (Å²) in [6.07, 6.45) is 2.71. The number of aromatic nitrogens is 4. The molecule has 0 amide bonds. The Hall–Kier alpha value is -1.81. The van der Waals surface area contributed by atoms with Gasteiger partial charge in [0.25, 0.3) is 0 Å². The lowest BCUT2D eigenvalue weighted by atomic mass is 10.3. The second-order valence-corrected chi connectivity index (χ2v) is 4.70. The molecule has 0 N–H and O–H groups in total. The minimum Gasteiger partial charge on any atom is -0.279 e. The third-order valence-electron chi connectivity index (χ3n) is 3.13. The number of alkyl halides is 1. The molecule has 0 bridgehead atoms. The zero-order valence-electron chi connectivity index (χ0n) is 10.8. The first-order chi connectivity index (χ1) is 9.33. The normalized spacial score (nSPS) is 11.3. The molecule has 5 heteroatoms. The molecule has 2 aromatic heterocycles. The van der Waals surface area contributed by atoms with E-state index in [1.165, 1.54) is 0 Å². The van der Waals surface area contributed by atoms with Crippen LogP contribution < -0.4 is 0 Å². The monoisotopic (exact) mass is 274 g/mol. The van der Waals surface area contributed by atoms with Crippen molar-refractivity contribution in [3.63, 3.8) is 0 Å². The van der Waals surface area contributed by atoms with Crippen LogP contribution in [0.25, 0.3) is 16.9 Å². The van der Waals surface area contributed by atoms with Crippen LogP contribution >= 0.6 is 11.6 Å². The van der Waals surface area contributed by atoms with Crippen LogP contribution in [0.4, 0.5) is 0 Å². The summed E-state index contributed by atoms with van der Waals surface area (Å²) in [5, 5.41) is 4.56. The first kappa shape index (κ1) is 12.2. The van der Waals surface area contributed by atoms with Crippen LogP contribution in [0.15, 0.2) is 36.5 Å². The number of hydrogen-bond acceptors (Lipinski definition) is 2. The number of benzene rings is 1. The highest BCUT2D eigenvalue weighted by molar-refractivity contribution is 6.17. The molecule has 0 aliphatic heterocycles. The highest BCUT2D eigenvalue weighted by Gasteiger charge is 2.13. The third-order valence-corrected chi connectivity index (χ3v) is 3.32. The van der Waals surface area contributed by atoms with E-state index in [1.54, 1.807) is 0 Å². The molecule has 0 radical (unpaired) electrons. The maximum absolute atomic E-state index is 5.88. The molecular weight excluding hydrogens is 260 g/mol.